The van der Waals surface area contributed by atoms with Gasteiger partial charge in [-0.25, -0.2) is 13.8 Å². The summed E-state index contributed by atoms with van der Waals surface area (Å²) >= 11 is 1.64. The van der Waals surface area contributed by atoms with E-state index < -0.39 is 11.6 Å². The predicted molar refractivity (Wildman–Crippen MR) is 131 cm³/mol. The van der Waals surface area contributed by atoms with Crippen molar-refractivity contribution in [2.45, 2.75) is 25.6 Å². The van der Waals surface area contributed by atoms with Gasteiger partial charge in [0.25, 0.3) is 0 Å². The SMILES string of the molecule is Fc1ccc(CN2CCOc3c(cc(-c4nc5ccccc5s4)cc3OC3CCOC3)C2)cc1F. The van der Waals surface area contributed by atoms with Crippen LogP contribution in [0.15, 0.2) is 54.6 Å². The molecule has 5 nitrogen and oxygen atoms in total. The van der Waals surface area contributed by atoms with E-state index >= 15 is 0 Å². The first-order valence-corrected chi connectivity index (χ1v) is 12.5. The van der Waals surface area contributed by atoms with Crippen LogP contribution in [0.2, 0.25) is 0 Å². The summed E-state index contributed by atoms with van der Waals surface area (Å²) in [4.78, 5) is 7.01. The van der Waals surface area contributed by atoms with Crippen LogP contribution < -0.4 is 9.47 Å². The molecular formula is C27H24F2N2O3S. The van der Waals surface area contributed by atoms with E-state index in [2.05, 4.69) is 17.0 Å². The van der Waals surface area contributed by atoms with Gasteiger partial charge in [-0.1, -0.05) is 18.2 Å². The second kappa shape index (κ2) is 9.53. The van der Waals surface area contributed by atoms with Crippen LogP contribution in [-0.4, -0.2) is 42.4 Å². The Bertz CT molecular complexity index is 1340. The average molecular weight is 495 g/mol. The highest BCUT2D eigenvalue weighted by Gasteiger charge is 2.25. The van der Waals surface area contributed by atoms with Crippen molar-refractivity contribution in [1.29, 1.82) is 0 Å². The fourth-order valence-corrected chi connectivity index (χ4v) is 5.51. The van der Waals surface area contributed by atoms with E-state index in [1.54, 1.807) is 17.4 Å². The van der Waals surface area contributed by atoms with Crippen molar-refractivity contribution in [3.05, 3.63) is 77.4 Å². The molecule has 1 atom stereocenters. The summed E-state index contributed by atoms with van der Waals surface area (Å²) in [6, 6.07) is 16.3. The third-order valence-electron chi connectivity index (χ3n) is 6.29. The second-order valence-corrected chi connectivity index (χ2v) is 9.89. The lowest BCUT2D eigenvalue weighted by Crippen LogP contribution is -2.25. The molecule has 0 amide bonds. The molecule has 3 aromatic carbocycles. The molecular weight excluding hydrogens is 470 g/mol. The summed E-state index contributed by atoms with van der Waals surface area (Å²) in [6.45, 7) is 3.43. The lowest BCUT2D eigenvalue weighted by molar-refractivity contribution is 0.137. The summed E-state index contributed by atoms with van der Waals surface area (Å²) in [5.74, 6) is -0.241. The Morgan fingerprint density at radius 2 is 1.97 bits per heavy atom. The minimum absolute atomic E-state index is 0.0186. The number of nitrogens with zero attached hydrogens (tertiary/aromatic N) is 2. The van der Waals surface area contributed by atoms with Crippen molar-refractivity contribution in [3.8, 4) is 22.1 Å². The number of hydrogen-bond donors (Lipinski definition) is 0. The van der Waals surface area contributed by atoms with Crippen LogP contribution in [-0.2, 0) is 17.8 Å². The van der Waals surface area contributed by atoms with E-state index in [0.29, 0.717) is 50.8 Å². The maximum absolute atomic E-state index is 13.8. The molecule has 1 saturated heterocycles. The van der Waals surface area contributed by atoms with Crippen molar-refractivity contribution >= 4 is 21.6 Å². The first kappa shape index (κ1) is 22.4. The molecule has 0 aliphatic carbocycles. The first-order chi connectivity index (χ1) is 17.1. The summed E-state index contributed by atoms with van der Waals surface area (Å²) < 4.78 is 46.4. The summed E-state index contributed by atoms with van der Waals surface area (Å²) in [7, 11) is 0. The molecule has 0 N–H and O–H groups in total. The van der Waals surface area contributed by atoms with Crippen molar-refractivity contribution in [1.82, 2.24) is 9.88 Å². The third-order valence-corrected chi connectivity index (χ3v) is 7.38. The standard InChI is InChI=1S/C27H24F2N2O3S/c28-21-6-5-17(11-22(21)29)14-31-8-10-33-26-19(15-31)12-18(13-24(26)34-20-7-9-32-16-20)27-30-23-3-1-2-4-25(23)35-27/h1-6,11-13,20H,7-10,14-16H2. The fraction of sp³-hybridized carbons (Fsp3) is 0.296. The molecule has 180 valence electrons. The van der Waals surface area contributed by atoms with Crippen molar-refractivity contribution in [2.24, 2.45) is 0 Å². The minimum atomic E-state index is -0.837. The molecule has 1 aromatic heterocycles. The number of hydrogen-bond acceptors (Lipinski definition) is 6. The van der Waals surface area contributed by atoms with Crippen LogP contribution in [0, 0.1) is 11.6 Å². The van der Waals surface area contributed by atoms with Crippen molar-refractivity contribution < 1.29 is 23.0 Å². The molecule has 1 fully saturated rings. The summed E-state index contributed by atoms with van der Waals surface area (Å²) in [5.41, 5.74) is 3.63. The molecule has 6 rings (SSSR count). The maximum Gasteiger partial charge on any atom is 0.165 e. The van der Waals surface area contributed by atoms with Crippen LogP contribution in [0.5, 0.6) is 11.5 Å². The summed E-state index contributed by atoms with van der Waals surface area (Å²) in [6.07, 6.45) is 0.817. The van der Waals surface area contributed by atoms with Crippen LogP contribution >= 0.6 is 11.3 Å². The van der Waals surface area contributed by atoms with Gasteiger partial charge < -0.3 is 14.2 Å². The van der Waals surface area contributed by atoms with Crippen molar-refractivity contribution in [3.63, 3.8) is 0 Å². The van der Waals surface area contributed by atoms with Gasteiger partial charge >= 0.3 is 0 Å². The molecule has 0 spiro atoms. The largest absolute Gasteiger partial charge is 0.488 e. The van der Waals surface area contributed by atoms with Crippen LogP contribution in [0.1, 0.15) is 17.5 Å². The zero-order valence-electron chi connectivity index (χ0n) is 19.0. The topological polar surface area (TPSA) is 43.8 Å². The van der Waals surface area contributed by atoms with Crippen LogP contribution in [0.25, 0.3) is 20.8 Å². The highest BCUT2D eigenvalue weighted by Crippen LogP contribution is 2.41. The Morgan fingerprint density at radius 1 is 1.06 bits per heavy atom. The lowest BCUT2D eigenvalue weighted by atomic mass is 10.1. The maximum atomic E-state index is 13.8. The van der Waals surface area contributed by atoms with Gasteiger partial charge in [0.05, 0.1) is 23.4 Å². The Morgan fingerprint density at radius 3 is 2.80 bits per heavy atom. The van der Waals surface area contributed by atoms with Gasteiger partial charge in [0.1, 0.15) is 17.7 Å². The number of thiazole rings is 1. The number of rotatable bonds is 5. The zero-order valence-corrected chi connectivity index (χ0v) is 19.8. The Balaban J connectivity index is 1.36. The van der Waals surface area contributed by atoms with E-state index in [1.165, 1.54) is 12.1 Å². The first-order valence-electron chi connectivity index (χ1n) is 11.7. The smallest absolute Gasteiger partial charge is 0.165 e. The molecule has 8 heteroatoms. The van der Waals surface area contributed by atoms with Crippen LogP contribution in [0.3, 0.4) is 0 Å². The Kier molecular flexibility index (Phi) is 6.10. The monoisotopic (exact) mass is 494 g/mol. The Labute approximate surface area is 205 Å². The van der Waals surface area contributed by atoms with Crippen LogP contribution in [0.4, 0.5) is 8.78 Å². The van der Waals surface area contributed by atoms with Gasteiger partial charge in [-0.05, 0) is 42.0 Å². The normalized spacial score (nSPS) is 18.3. The molecule has 0 radical (unpaired) electrons. The molecule has 35 heavy (non-hydrogen) atoms. The number of para-hydroxylation sites is 1. The Hall–Kier alpha value is -3.07. The van der Waals surface area contributed by atoms with Gasteiger partial charge in [-0.2, -0.15) is 0 Å². The van der Waals surface area contributed by atoms with Gasteiger partial charge in [-0.15, -0.1) is 11.3 Å². The van der Waals surface area contributed by atoms with Gasteiger partial charge in [0.15, 0.2) is 23.1 Å². The quantitative estimate of drug-likeness (QED) is 0.351. The summed E-state index contributed by atoms with van der Waals surface area (Å²) in [5, 5.41) is 0.915. The second-order valence-electron chi connectivity index (χ2n) is 8.86. The molecule has 0 saturated carbocycles. The molecule has 1 unspecified atom stereocenters. The number of fused-ring (bicyclic) bond motifs is 2. The molecule has 4 aromatic rings. The molecule has 2 aliphatic heterocycles. The van der Waals surface area contributed by atoms with E-state index in [9.17, 15) is 8.78 Å². The van der Waals surface area contributed by atoms with Gasteiger partial charge in [0, 0.05) is 37.2 Å². The number of benzene rings is 3. The van der Waals surface area contributed by atoms with E-state index in [1.807, 2.05) is 24.3 Å². The van der Waals surface area contributed by atoms with Gasteiger partial charge in [0.2, 0.25) is 0 Å². The predicted octanol–water partition coefficient (Wildman–Crippen LogP) is 5.80. The molecule has 3 heterocycles. The average Bonchev–Trinajstić information content (AvgIpc) is 3.48. The van der Waals surface area contributed by atoms with E-state index in [0.717, 1.165) is 38.5 Å². The lowest BCUT2D eigenvalue weighted by Gasteiger charge is -2.20. The van der Waals surface area contributed by atoms with Gasteiger partial charge in [-0.3, -0.25) is 4.90 Å². The third kappa shape index (κ3) is 4.74. The fourth-order valence-electron chi connectivity index (χ4n) is 4.56. The zero-order chi connectivity index (χ0) is 23.8. The highest BCUT2D eigenvalue weighted by molar-refractivity contribution is 7.21. The molecule has 2 aliphatic rings. The minimum Gasteiger partial charge on any atom is -0.488 e. The number of ether oxygens (including phenoxy) is 3. The number of halogens is 2. The van der Waals surface area contributed by atoms with E-state index in [-0.39, 0.29) is 6.10 Å². The van der Waals surface area contributed by atoms with E-state index in [4.69, 9.17) is 19.2 Å². The highest BCUT2D eigenvalue weighted by atomic mass is 32.1. The number of aromatic nitrogens is 1. The molecule has 0 bridgehead atoms. The van der Waals surface area contributed by atoms with Crippen molar-refractivity contribution in [2.75, 3.05) is 26.4 Å².